The van der Waals surface area contributed by atoms with Gasteiger partial charge in [-0.05, 0) is 66.9 Å². The van der Waals surface area contributed by atoms with E-state index in [1.807, 2.05) is 6.07 Å². The maximum Gasteiger partial charge on any atom is 0.337 e. The summed E-state index contributed by atoms with van der Waals surface area (Å²) in [5.41, 5.74) is 2.51. The van der Waals surface area contributed by atoms with Crippen molar-refractivity contribution >= 4 is 17.0 Å². The maximum atomic E-state index is 15.7. The van der Waals surface area contributed by atoms with Crippen molar-refractivity contribution in [3.63, 3.8) is 0 Å². The van der Waals surface area contributed by atoms with Crippen LogP contribution in [-0.4, -0.2) is 40.7 Å². The van der Waals surface area contributed by atoms with Gasteiger partial charge in [-0.2, -0.15) is 5.26 Å². The molecule has 11 heteroatoms. The van der Waals surface area contributed by atoms with Crippen LogP contribution in [0.15, 0.2) is 66.7 Å². The molecule has 232 valence electrons. The summed E-state index contributed by atoms with van der Waals surface area (Å²) in [6, 6.07) is 18.1. The molecule has 0 bridgehead atoms. The Bertz CT molecular complexity index is 2050. The lowest BCUT2D eigenvalue weighted by molar-refractivity contribution is 0.0601. The van der Waals surface area contributed by atoms with E-state index in [1.54, 1.807) is 24.3 Å². The highest BCUT2D eigenvalue weighted by Gasteiger charge is 2.53. The van der Waals surface area contributed by atoms with Crippen LogP contribution in [-0.2, 0) is 17.8 Å². The van der Waals surface area contributed by atoms with Crippen LogP contribution >= 0.6 is 0 Å². The molecule has 1 spiro atoms. The number of hydrogen-bond acceptors (Lipinski definition) is 7. The van der Waals surface area contributed by atoms with Crippen molar-refractivity contribution in [2.24, 2.45) is 5.41 Å². The Hall–Kier alpha value is -5.21. The Morgan fingerprint density at radius 2 is 1.85 bits per heavy atom. The molecule has 7 rings (SSSR count). The van der Waals surface area contributed by atoms with E-state index in [2.05, 4.69) is 14.9 Å². The topological polar surface area (TPSA) is 102 Å². The van der Waals surface area contributed by atoms with Crippen molar-refractivity contribution in [3.05, 3.63) is 112 Å². The molecule has 1 saturated heterocycles. The number of aromatic nitrogens is 3. The van der Waals surface area contributed by atoms with E-state index in [9.17, 15) is 9.18 Å². The summed E-state index contributed by atoms with van der Waals surface area (Å²) in [6.07, 6.45) is 2.14. The highest BCUT2D eigenvalue weighted by molar-refractivity contribution is 5.93. The van der Waals surface area contributed by atoms with Crippen molar-refractivity contribution in [3.8, 4) is 23.2 Å². The van der Waals surface area contributed by atoms with E-state index in [4.69, 9.17) is 19.7 Å². The van der Waals surface area contributed by atoms with Crippen LogP contribution in [0.25, 0.3) is 22.3 Å². The zero-order chi connectivity index (χ0) is 32.0. The van der Waals surface area contributed by atoms with E-state index in [-0.39, 0.29) is 58.3 Å². The van der Waals surface area contributed by atoms with Gasteiger partial charge in [0.2, 0.25) is 5.88 Å². The molecule has 46 heavy (non-hydrogen) atoms. The Labute approximate surface area is 262 Å². The Morgan fingerprint density at radius 1 is 1.02 bits per heavy atom. The van der Waals surface area contributed by atoms with Gasteiger partial charge in [0, 0.05) is 42.1 Å². The number of nitrogens with one attached hydrogen (secondary N) is 1. The number of fused-ring (bicyclic) bond motifs is 1. The number of carbonyl (C=O) groups excluding carboxylic acids is 1. The van der Waals surface area contributed by atoms with Crippen LogP contribution in [0.3, 0.4) is 0 Å². The fourth-order valence-corrected chi connectivity index (χ4v) is 6.31. The molecule has 1 saturated carbocycles. The van der Waals surface area contributed by atoms with E-state index in [0.717, 1.165) is 43.1 Å². The monoisotopic (exact) mass is 623 g/mol. The molecule has 2 fully saturated rings. The average Bonchev–Trinajstić information content (AvgIpc) is 3.61. The SMILES string of the molecule is COC(=O)c1ccc2nc(Cc3cc(F)c(-c4cccc(OCc5ccc(C#N)cc5F)n4)cc3F)n([C@H]3CNCC34CC4)c2c1. The summed E-state index contributed by atoms with van der Waals surface area (Å²) in [6.45, 7) is 1.41. The zero-order valence-corrected chi connectivity index (χ0v) is 24.8. The molecule has 1 atom stereocenters. The molecule has 1 aliphatic carbocycles. The van der Waals surface area contributed by atoms with Gasteiger partial charge in [0.25, 0.3) is 0 Å². The highest BCUT2D eigenvalue weighted by atomic mass is 19.1. The predicted molar refractivity (Wildman–Crippen MR) is 162 cm³/mol. The number of halogens is 3. The first kappa shape index (κ1) is 29.5. The molecule has 0 amide bonds. The number of imidazole rings is 1. The number of ether oxygens (including phenoxy) is 2. The molecule has 3 aromatic carbocycles. The van der Waals surface area contributed by atoms with Gasteiger partial charge in [0.15, 0.2) is 0 Å². The summed E-state index contributed by atoms with van der Waals surface area (Å²) in [5.74, 6) is -1.67. The maximum absolute atomic E-state index is 15.7. The molecular weight excluding hydrogens is 595 g/mol. The van der Waals surface area contributed by atoms with Crippen molar-refractivity contribution in [2.45, 2.75) is 31.9 Å². The van der Waals surface area contributed by atoms with E-state index < -0.39 is 23.4 Å². The average molecular weight is 624 g/mol. The minimum absolute atomic E-state index is 0.0323. The standard InChI is InChI=1S/C35H28F3N5O3/c1-45-34(44)21-7-8-29-30(13-21)43(31-17-40-19-35(31)9-10-35)32(41-29)14-23-12-27(38)24(15-26(23)37)28-3-2-4-33(42-28)46-18-22-6-5-20(16-39)11-25(22)36/h2-8,11-13,15,31,40H,9-10,14,17-19H2,1H3/t31-/m0/s1. The van der Waals surface area contributed by atoms with Crippen LogP contribution in [0, 0.1) is 34.2 Å². The van der Waals surface area contributed by atoms with Gasteiger partial charge in [-0.1, -0.05) is 12.1 Å². The fourth-order valence-electron chi connectivity index (χ4n) is 6.31. The molecule has 1 N–H and O–H groups in total. The molecule has 5 aromatic rings. The molecule has 1 aliphatic heterocycles. The molecular formula is C35H28F3N5O3. The predicted octanol–water partition coefficient (Wildman–Crippen LogP) is 6.27. The molecule has 0 radical (unpaired) electrons. The fraction of sp³-hybridized carbons (Fsp3) is 0.257. The minimum atomic E-state index is -0.670. The van der Waals surface area contributed by atoms with Crippen LogP contribution in [0.2, 0.25) is 0 Å². The lowest BCUT2D eigenvalue weighted by atomic mass is 9.99. The molecule has 0 unspecified atom stereocenters. The van der Waals surface area contributed by atoms with Gasteiger partial charge in [0.1, 0.15) is 29.9 Å². The number of hydrogen-bond donors (Lipinski definition) is 1. The largest absolute Gasteiger partial charge is 0.473 e. The molecule has 8 nitrogen and oxygen atoms in total. The third-order valence-electron chi connectivity index (χ3n) is 8.95. The van der Waals surface area contributed by atoms with Gasteiger partial charge in [-0.25, -0.2) is 27.9 Å². The summed E-state index contributed by atoms with van der Waals surface area (Å²) < 4.78 is 58.3. The van der Waals surface area contributed by atoms with Gasteiger partial charge in [-0.3, -0.25) is 0 Å². The lowest BCUT2D eigenvalue weighted by Crippen LogP contribution is -2.21. The first-order chi connectivity index (χ1) is 22.3. The van der Waals surface area contributed by atoms with Crippen molar-refractivity contribution in [2.75, 3.05) is 20.2 Å². The van der Waals surface area contributed by atoms with Gasteiger partial charge in [-0.15, -0.1) is 0 Å². The number of nitriles is 1. The number of rotatable bonds is 8. The number of methoxy groups -OCH3 is 1. The highest BCUT2D eigenvalue weighted by Crippen LogP contribution is 2.57. The third kappa shape index (κ3) is 5.35. The first-order valence-electron chi connectivity index (χ1n) is 14.8. The number of benzene rings is 3. The second-order valence-electron chi connectivity index (χ2n) is 11.8. The molecule has 3 heterocycles. The lowest BCUT2D eigenvalue weighted by Gasteiger charge is -2.23. The molecule has 2 aromatic heterocycles. The summed E-state index contributed by atoms with van der Waals surface area (Å²) >= 11 is 0. The van der Waals surface area contributed by atoms with Crippen LogP contribution in [0.1, 0.15) is 51.8 Å². The first-order valence-corrected chi connectivity index (χ1v) is 14.8. The van der Waals surface area contributed by atoms with Crippen LogP contribution in [0.5, 0.6) is 5.88 Å². The van der Waals surface area contributed by atoms with Crippen molar-refractivity contribution < 1.29 is 27.4 Å². The Balaban J connectivity index is 1.18. The summed E-state index contributed by atoms with van der Waals surface area (Å²) in [7, 11) is 1.33. The number of carbonyl (C=O) groups is 1. The van der Waals surface area contributed by atoms with Crippen molar-refractivity contribution in [1.82, 2.24) is 19.9 Å². The van der Waals surface area contributed by atoms with Gasteiger partial charge < -0.3 is 19.4 Å². The zero-order valence-electron chi connectivity index (χ0n) is 24.8. The van der Waals surface area contributed by atoms with Gasteiger partial charge >= 0.3 is 5.97 Å². The van der Waals surface area contributed by atoms with Gasteiger partial charge in [0.05, 0.1) is 47.1 Å². The second-order valence-corrected chi connectivity index (χ2v) is 11.8. The quantitative estimate of drug-likeness (QED) is 0.203. The van der Waals surface area contributed by atoms with Crippen LogP contribution < -0.4 is 10.1 Å². The Kier molecular flexibility index (Phi) is 7.45. The number of pyridine rings is 1. The van der Waals surface area contributed by atoms with E-state index in [1.165, 1.54) is 31.4 Å². The number of esters is 1. The molecule has 2 aliphatic rings. The summed E-state index contributed by atoms with van der Waals surface area (Å²) in [4.78, 5) is 21.5. The van der Waals surface area contributed by atoms with Crippen molar-refractivity contribution in [1.29, 1.82) is 5.26 Å². The third-order valence-corrected chi connectivity index (χ3v) is 8.95. The van der Waals surface area contributed by atoms with E-state index in [0.29, 0.717) is 23.4 Å². The number of nitrogens with zero attached hydrogens (tertiary/aromatic N) is 4. The summed E-state index contributed by atoms with van der Waals surface area (Å²) in [5, 5.41) is 12.4. The Morgan fingerprint density at radius 3 is 2.61 bits per heavy atom. The second kappa shape index (κ2) is 11.6. The van der Waals surface area contributed by atoms with Crippen LogP contribution in [0.4, 0.5) is 13.2 Å². The minimum Gasteiger partial charge on any atom is -0.473 e. The smallest absolute Gasteiger partial charge is 0.337 e. The van der Waals surface area contributed by atoms with E-state index >= 15 is 8.78 Å². The normalized spacial score (nSPS) is 16.5.